The number of thioether (sulfide) groups is 1. The molecule has 0 fully saturated rings. The number of carbonyl (C=O) groups is 3. The average molecular weight is 428 g/mol. The van der Waals surface area contributed by atoms with Crippen molar-refractivity contribution < 1.29 is 14.4 Å². The van der Waals surface area contributed by atoms with Crippen molar-refractivity contribution in [1.29, 1.82) is 0 Å². The third-order valence-electron chi connectivity index (χ3n) is 4.65. The van der Waals surface area contributed by atoms with Crippen molar-refractivity contribution in [2.75, 3.05) is 30.0 Å². The molecule has 1 atom stereocenters. The highest BCUT2D eigenvalue weighted by atomic mass is 32.2. The van der Waals surface area contributed by atoms with E-state index in [2.05, 4.69) is 10.6 Å². The highest BCUT2D eigenvalue weighted by Gasteiger charge is 2.21. The summed E-state index contributed by atoms with van der Waals surface area (Å²) in [5, 5.41) is 5.26. The standard InChI is InChI=1S/C23H29N3O3S/c1-15-9-11-19(12-10-15)24-21(28)14-30-18(4)23(29)26(5)13-20(27)25-22-16(2)7-6-8-17(22)3/h6-12,18H,13-14H2,1-5H3,(H,24,28)(H,25,27). The SMILES string of the molecule is Cc1ccc(NC(=O)CSC(C)C(=O)N(C)CC(=O)Nc2c(C)cccc2C)cc1. The lowest BCUT2D eigenvalue weighted by molar-refractivity contribution is -0.132. The number of nitrogens with zero attached hydrogens (tertiary/aromatic N) is 1. The molecule has 2 N–H and O–H groups in total. The fourth-order valence-electron chi connectivity index (χ4n) is 2.90. The van der Waals surface area contributed by atoms with Gasteiger partial charge >= 0.3 is 0 Å². The second-order valence-corrected chi connectivity index (χ2v) is 8.71. The summed E-state index contributed by atoms with van der Waals surface area (Å²) in [6.45, 7) is 7.53. The molecule has 2 rings (SSSR count). The lowest BCUT2D eigenvalue weighted by Crippen LogP contribution is -2.39. The minimum Gasteiger partial charge on any atom is -0.335 e. The number of aryl methyl sites for hydroxylation is 3. The summed E-state index contributed by atoms with van der Waals surface area (Å²) < 4.78 is 0. The van der Waals surface area contributed by atoms with Crippen LogP contribution in [-0.4, -0.2) is 47.2 Å². The van der Waals surface area contributed by atoms with Crippen LogP contribution in [0.4, 0.5) is 11.4 Å². The highest BCUT2D eigenvalue weighted by Crippen LogP contribution is 2.19. The number of likely N-dealkylation sites (N-methyl/N-ethyl adjacent to an activating group) is 1. The first-order valence-corrected chi connectivity index (χ1v) is 10.8. The molecule has 0 bridgehead atoms. The van der Waals surface area contributed by atoms with Gasteiger partial charge in [0.15, 0.2) is 0 Å². The third kappa shape index (κ3) is 6.91. The van der Waals surface area contributed by atoms with E-state index in [0.717, 1.165) is 28.1 Å². The molecule has 0 aliphatic rings. The number of para-hydroxylation sites is 1. The van der Waals surface area contributed by atoms with Gasteiger partial charge in [0.2, 0.25) is 17.7 Å². The summed E-state index contributed by atoms with van der Waals surface area (Å²) >= 11 is 1.24. The Morgan fingerprint density at radius 1 is 0.933 bits per heavy atom. The molecule has 2 aromatic rings. The number of nitrogens with one attached hydrogen (secondary N) is 2. The molecule has 0 aliphatic carbocycles. The van der Waals surface area contributed by atoms with Gasteiger partial charge < -0.3 is 15.5 Å². The number of rotatable bonds is 8. The van der Waals surface area contributed by atoms with Gasteiger partial charge in [-0.3, -0.25) is 14.4 Å². The maximum Gasteiger partial charge on any atom is 0.243 e. The summed E-state index contributed by atoms with van der Waals surface area (Å²) in [5.41, 5.74) is 4.57. The van der Waals surface area contributed by atoms with Crippen LogP contribution in [0.15, 0.2) is 42.5 Å². The molecule has 3 amide bonds. The Balaban J connectivity index is 1.80. The van der Waals surface area contributed by atoms with E-state index in [1.165, 1.54) is 16.7 Å². The van der Waals surface area contributed by atoms with E-state index in [4.69, 9.17) is 0 Å². The number of carbonyl (C=O) groups excluding carboxylic acids is 3. The second kappa shape index (κ2) is 10.8. The van der Waals surface area contributed by atoms with Gasteiger partial charge in [0, 0.05) is 18.4 Å². The van der Waals surface area contributed by atoms with Crippen molar-refractivity contribution >= 4 is 40.9 Å². The number of hydrogen-bond acceptors (Lipinski definition) is 4. The zero-order valence-electron chi connectivity index (χ0n) is 18.1. The Morgan fingerprint density at radius 2 is 1.53 bits per heavy atom. The summed E-state index contributed by atoms with van der Waals surface area (Å²) in [6.07, 6.45) is 0. The molecule has 2 aromatic carbocycles. The topological polar surface area (TPSA) is 78.5 Å². The van der Waals surface area contributed by atoms with Crippen LogP contribution < -0.4 is 10.6 Å². The molecule has 0 radical (unpaired) electrons. The fourth-order valence-corrected chi connectivity index (χ4v) is 3.70. The normalized spacial score (nSPS) is 11.5. The Kier molecular flexibility index (Phi) is 8.47. The number of benzene rings is 2. The van der Waals surface area contributed by atoms with Crippen LogP contribution in [-0.2, 0) is 14.4 Å². The minimum absolute atomic E-state index is 0.0485. The highest BCUT2D eigenvalue weighted by molar-refractivity contribution is 8.01. The largest absolute Gasteiger partial charge is 0.335 e. The quantitative estimate of drug-likeness (QED) is 0.672. The van der Waals surface area contributed by atoms with E-state index in [1.807, 2.05) is 63.2 Å². The molecule has 0 spiro atoms. The van der Waals surface area contributed by atoms with Crippen molar-refractivity contribution in [3.05, 3.63) is 59.2 Å². The van der Waals surface area contributed by atoms with Crippen molar-refractivity contribution in [3.63, 3.8) is 0 Å². The third-order valence-corrected chi connectivity index (χ3v) is 5.78. The molecule has 0 aliphatic heterocycles. The van der Waals surface area contributed by atoms with Crippen LogP contribution in [0.25, 0.3) is 0 Å². The molecule has 0 saturated heterocycles. The van der Waals surface area contributed by atoms with Gasteiger partial charge in [0.1, 0.15) is 0 Å². The van der Waals surface area contributed by atoms with E-state index in [-0.39, 0.29) is 30.0 Å². The van der Waals surface area contributed by atoms with E-state index < -0.39 is 5.25 Å². The number of amides is 3. The monoisotopic (exact) mass is 427 g/mol. The van der Waals surface area contributed by atoms with Gasteiger partial charge in [-0.15, -0.1) is 11.8 Å². The summed E-state index contributed by atoms with van der Waals surface area (Å²) in [5.74, 6) is -0.459. The first kappa shape index (κ1) is 23.5. The molecular weight excluding hydrogens is 398 g/mol. The minimum atomic E-state index is -0.438. The second-order valence-electron chi connectivity index (χ2n) is 7.38. The predicted molar refractivity (Wildman–Crippen MR) is 124 cm³/mol. The lowest BCUT2D eigenvalue weighted by atomic mass is 10.1. The van der Waals surface area contributed by atoms with Crippen LogP contribution in [0.2, 0.25) is 0 Å². The Bertz CT molecular complexity index is 892. The Labute approximate surface area is 182 Å². The van der Waals surface area contributed by atoms with Gasteiger partial charge in [-0.1, -0.05) is 35.9 Å². The van der Waals surface area contributed by atoms with E-state index >= 15 is 0 Å². The number of anilines is 2. The molecule has 7 heteroatoms. The molecule has 0 saturated carbocycles. The summed E-state index contributed by atoms with van der Waals surface area (Å²) in [7, 11) is 1.59. The number of hydrogen-bond donors (Lipinski definition) is 2. The van der Waals surface area contributed by atoms with Gasteiger partial charge in [0.05, 0.1) is 17.5 Å². The Hall–Kier alpha value is -2.80. The van der Waals surface area contributed by atoms with Crippen molar-refractivity contribution in [2.45, 2.75) is 32.9 Å². The molecule has 1 unspecified atom stereocenters. The molecule has 6 nitrogen and oxygen atoms in total. The average Bonchev–Trinajstić information content (AvgIpc) is 2.70. The zero-order chi connectivity index (χ0) is 22.3. The zero-order valence-corrected chi connectivity index (χ0v) is 18.9. The Morgan fingerprint density at radius 3 is 2.13 bits per heavy atom. The van der Waals surface area contributed by atoms with Crippen molar-refractivity contribution in [1.82, 2.24) is 4.90 Å². The van der Waals surface area contributed by atoms with E-state index in [0.29, 0.717) is 0 Å². The maximum atomic E-state index is 12.6. The van der Waals surface area contributed by atoms with Crippen LogP contribution in [0, 0.1) is 20.8 Å². The van der Waals surface area contributed by atoms with E-state index in [1.54, 1.807) is 14.0 Å². The van der Waals surface area contributed by atoms with Crippen molar-refractivity contribution in [2.24, 2.45) is 0 Å². The maximum absolute atomic E-state index is 12.6. The van der Waals surface area contributed by atoms with Gasteiger partial charge in [-0.2, -0.15) is 0 Å². The van der Waals surface area contributed by atoms with Crippen molar-refractivity contribution in [3.8, 4) is 0 Å². The van der Waals surface area contributed by atoms with Crippen LogP contribution >= 0.6 is 11.8 Å². The molecule has 0 aromatic heterocycles. The van der Waals surface area contributed by atoms with E-state index in [9.17, 15) is 14.4 Å². The van der Waals surface area contributed by atoms with Crippen LogP contribution in [0.3, 0.4) is 0 Å². The summed E-state index contributed by atoms with van der Waals surface area (Å²) in [6, 6.07) is 13.3. The molecule has 160 valence electrons. The first-order chi connectivity index (χ1) is 14.2. The fraction of sp³-hybridized carbons (Fsp3) is 0.348. The van der Waals surface area contributed by atoms with Crippen LogP contribution in [0.1, 0.15) is 23.6 Å². The van der Waals surface area contributed by atoms with Gasteiger partial charge in [-0.25, -0.2) is 0 Å². The lowest BCUT2D eigenvalue weighted by Gasteiger charge is -2.21. The van der Waals surface area contributed by atoms with Gasteiger partial charge in [-0.05, 0) is 51.0 Å². The molecular formula is C23H29N3O3S. The molecule has 30 heavy (non-hydrogen) atoms. The smallest absolute Gasteiger partial charge is 0.243 e. The van der Waals surface area contributed by atoms with Crippen LogP contribution in [0.5, 0.6) is 0 Å². The van der Waals surface area contributed by atoms with Gasteiger partial charge in [0.25, 0.3) is 0 Å². The first-order valence-electron chi connectivity index (χ1n) is 9.76. The predicted octanol–water partition coefficient (Wildman–Crippen LogP) is 3.77. The molecule has 0 heterocycles. The summed E-state index contributed by atoms with van der Waals surface area (Å²) in [4.78, 5) is 38.4.